The number of hydrogen-bond acceptors (Lipinski definition) is 3. The second-order valence-electron chi connectivity index (χ2n) is 5.40. The lowest BCUT2D eigenvalue weighted by atomic mass is 10.2. The van der Waals surface area contributed by atoms with Crippen molar-refractivity contribution in [1.82, 2.24) is 4.90 Å². The molecule has 1 aliphatic rings. The monoisotopic (exact) mass is 354 g/mol. The summed E-state index contributed by atoms with van der Waals surface area (Å²) in [6.45, 7) is 6.62. The quantitative estimate of drug-likeness (QED) is 0.787. The predicted molar refractivity (Wildman–Crippen MR) is 84.1 cm³/mol. The molecule has 1 aromatic carbocycles. The van der Waals surface area contributed by atoms with Gasteiger partial charge in [-0.1, -0.05) is 6.07 Å². The molecule has 1 saturated heterocycles. The summed E-state index contributed by atoms with van der Waals surface area (Å²) in [6, 6.07) is 5.54. The van der Waals surface area contributed by atoms with Crippen LogP contribution in [0, 0.1) is 6.92 Å². The van der Waals surface area contributed by atoms with Crippen molar-refractivity contribution in [2.75, 3.05) is 18.4 Å². The summed E-state index contributed by atoms with van der Waals surface area (Å²) in [5, 5.41) is 2.65. The molecule has 0 spiro atoms. The van der Waals surface area contributed by atoms with Crippen molar-refractivity contribution in [2.24, 2.45) is 0 Å². The fourth-order valence-electron chi connectivity index (χ4n) is 2.38. The number of carbonyl (C=O) groups excluding carboxylic acids is 2. The Morgan fingerprint density at radius 1 is 1.29 bits per heavy atom. The molecule has 0 aromatic heterocycles. The van der Waals surface area contributed by atoms with Crippen LogP contribution in [-0.2, 0) is 14.3 Å². The van der Waals surface area contributed by atoms with Crippen molar-refractivity contribution in [3.63, 3.8) is 0 Å². The van der Waals surface area contributed by atoms with Crippen LogP contribution in [0.1, 0.15) is 19.4 Å². The van der Waals surface area contributed by atoms with Crippen molar-refractivity contribution >= 4 is 33.4 Å². The summed E-state index contributed by atoms with van der Waals surface area (Å²) in [5.74, 6) is -1.15. The number of anilines is 1. The summed E-state index contributed by atoms with van der Waals surface area (Å²) in [4.78, 5) is 25.9. The van der Waals surface area contributed by atoms with E-state index in [0.29, 0.717) is 18.8 Å². The maximum absolute atomic E-state index is 12.2. The van der Waals surface area contributed by atoms with Gasteiger partial charge in [0, 0.05) is 17.6 Å². The van der Waals surface area contributed by atoms with E-state index in [1.54, 1.807) is 6.07 Å². The van der Waals surface area contributed by atoms with E-state index in [-0.39, 0.29) is 12.2 Å². The van der Waals surface area contributed by atoms with Crippen molar-refractivity contribution in [2.45, 2.75) is 33.0 Å². The highest BCUT2D eigenvalue weighted by Crippen LogP contribution is 2.23. The van der Waals surface area contributed by atoms with Crippen LogP contribution in [0.3, 0.4) is 0 Å². The van der Waals surface area contributed by atoms with Gasteiger partial charge in [0.2, 0.25) is 0 Å². The molecule has 1 aromatic rings. The molecule has 114 valence electrons. The lowest BCUT2D eigenvalue weighted by Crippen LogP contribution is -2.51. The number of ether oxygens (including phenoxy) is 1. The van der Waals surface area contributed by atoms with E-state index >= 15 is 0 Å². The van der Waals surface area contributed by atoms with Crippen LogP contribution in [0.2, 0.25) is 0 Å². The highest BCUT2D eigenvalue weighted by Gasteiger charge is 2.29. The Bertz CT molecular complexity index is 552. The van der Waals surface area contributed by atoms with E-state index in [0.717, 1.165) is 10.0 Å². The Hall–Kier alpha value is -1.40. The van der Waals surface area contributed by atoms with Crippen LogP contribution in [0.25, 0.3) is 0 Å². The first-order valence-electron chi connectivity index (χ1n) is 6.88. The van der Waals surface area contributed by atoms with Gasteiger partial charge >= 0.3 is 11.8 Å². The molecule has 0 aliphatic carbocycles. The molecule has 0 saturated carbocycles. The van der Waals surface area contributed by atoms with E-state index in [2.05, 4.69) is 21.2 Å². The molecular weight excluding hydrogens is 336 g/mol. The first-order chi connectivity index (χ1) is 9.86. The maximum Gasteiger partial charge on any atom is 0.313 e. The number of benzene rings is 1. The Balaban J connectivity index is 2.04. The Labute approximate surface area is 132 Å². The van der Waals surface area contributed by atoms with Gasteiger partial charge in [0.25, 0.3) is 0 Å². The first-order valence-corrected chi connectivity index (χ1v) is 7.68. The number of hydrogen-bond donors (Lipinski definition) is 1. The molecule has 6 heteroatoms. The van der Waals surface area contributed by atoms with Gasteiger partial charge in [-0.05, 0) is 54.4 Å². The zero-order valence-corrected chi connectivity index (χ0v) is 13.9. The average Bonchev–Trinajstić information content (AvgIpc) is 2.40. The zero-order chi connectivity index (χ0) is 15.6. The number of aryl methyl sites for hydroxylation is 1. The minimum absolute atomic E-state index is 0.0587. The van der Waals surface area contributed by atoms with E-state index in [1.165, 1.54) is 4.90 Å². The first kappa shape index (κ1) is 16.0. The van der Waals surface area contributed by atoms with Gasteiger partial charge in [-0.3, -0.25) is 9.59 Å². The third-order valence-corrected chi connectivity index (χ3v) is 3.93. The molecule has 0 radical (unpaired) electrons. The van der Waals surface area contributed by atoms with E-state index < -0.39 is 11.8 Å². The standard InChI is InChI=1S/C15H19BrN2O3/c1-9-4-5-13(12(16)6-9)17-14(19)15(20)18-7-10(2)21-11(3)8-18/h4-6,10-11H,7-8H2,1-3H3,(H,17,19). The lowest BCUT2D eigenvalue weighted by Gasteiger charge is -2.34. The van der Waals surface area contributed by atoms with Gasteiger partial charge in [0.15, 0.2) is 0 Å². The summed E-state index contributed by atoms with van der Waals surface area (Å²) in [5.41, 5.74) is 1.66. The molecule has 2 atom stereocenters. The van der Waals surface area contributed by atoms with Crippen LogP contribution in [0.5, 0.6) is 0 Å². The minimum atomic E-state index is -0.624. The summed E-state index contributed by atoms with van der Waals surface area (Å²) >= 11 is 3.38. The predicted octanol–water partition coefficient (Wildman–Crippen LogP) is 2.33. The molecule has 1 aliphatic heterocycles. The van der Waals surface area contributed by atoms with Crippen LogP contribution in [-0.4, -0.2) is 42.0 Å². The number of morpholine rings is 1. The lowest BCUT2D eigenvalue weighted by molar-refractivity contribution is -0.151. The molecule has 0 bridgehead atoms. The fourth-order valence-corrected chi connectivity index (χ4v) is 2.98. The fraction of sp³-hybridized carbons (Fsp3) is 0.467. The molecule has 2 amide bonds. The van der Waals surface area contributed by atoms with Crippen LogP contribution in [0.4, 0.5) is 5.69 Å². The van der Waals surface area contributed by atoms with Gasteiger partial charge in [0.1, 0.15) is 0 Å². The number of amides is 2. The molecule has 1 N–H and O–H groups in total. The topological polar surface area (TPSA) is 58.6 Å². The van der Waals surface area contributed by atoms with Crippen LogP contribution in [0.15, 0.2) is 22.7 Å². The number of halogens is 1. The largest absolute Gasteiger partial charge is 0.372 e. The van der Waals surface area contributed by atoms with E-state index in [1.807, 2.05) is 32.9 Å². The Morgan fingerprint density at radius 2 is 1.90 bits per heavy atom. The smallest absolute Gasteiger partial charge is 0.313 e. The van der Waals surface area contributed by atoms with Gasteiger partial charge < -0.3 is 15.0 Å². The highest BCUT2D eigenvalue weighted by molar-refractivity contribution is 9.10. The molecule has 2 unspecified atom stereocenters. The maximum atomic E-state index is 12.2. The van der Waals surface area contributed by atoms with E-state index in [9.17, 15) is 9.59 Å². The Morgan fingerprint density at radius 3 is 2.48 bits per heavy atom. The number of rotatable bonds is 1. The second kappa shape index (κ2) is 6.58. The SMILES string of the molecule is Cc1ccc(NC(=O)C(=O)N2CC(C)OC(C)C2)c(Br)c1. The third kappa shape index (κ3) is 4.04. The molecule has 2 rings (SSSR count). The van der Waals surface area contributed by atoms with Crippen molar-refractivity contribution in [3.05, 3.63) is 28.2 Å². The minimum Gasteiger partial charge on any atom is -0.372 e. The molecule has 1 fully saturated rings. The van der Waals surface area contributed by atoms with Gasteiger partial charge in [-0.15, -0.1) is 0 Å². The summed E-state index contributed by atoms with van der Waals surface area (Å²) < 4.78 is 6.32. The molecule has 5 nitrogen and oxygen atoms in total. The van der Waals surface area contributed by atoms with Gasteiger partial charge in [-0.25, -0.2) is 0 Å². The highest BCUT2D eigenvalue weighted by atomic mass is 79.9. The average molecular weight is 355 g/mol. The normalized spacial score (nSPS) is 22.0. The molecular formula is C15H19BrN2O3. The number of nitrogens with one attached hydrogen (secondary N) is 1. The Kier molecular flexibility index (Phi) is 5.00. The van der Waals surface area contributed by atoms with Crippen LogP contribution < -0.4 is 5.32 Å². The molecule has 21 heavy (non-hydrogen) atoms. The van der Waals surface area contributed by atoms with Crippen molar-refractivity contribution < 1.29 is 14.3 Å². The van der Waals surface area contributed by atoms with Gasteiger partial charge in [0.05, 0.1) is 17.9 Å². The van der Waals surface area contributed by atoms with Gasteiger partial charge in [-0.2, -0.15) is 0 Å². The zero-order valence-electron chi connectivity index (χ0n) is 12.4. The summed E-state index contributed by atoms with van der Waals surface area (Å²) in [7, 11) is 0. The van der Waals surface area contributed by atoms with Crippen molar-refractivity contribution in [1.29, 1.82) is 0 Å². The summed E-state index contributed by atoms with van der Waals surface area (Å²) in [6.07, 6.45) is -0.117. The van der Waals surface area contributed by atoms with E-state index in [4.69, 9.17) is 4.74 Å². The number of nitrogens with zero attached hydrogens (tertiary/aromatic N) is 1. The van der Waals surface area contributed by atoms with Crippen molar-refractivity contribution in [3.8, 4) is 0 Å². The molecule has 1 heterocycles. The van der Waals surface area contributed by atoms with Crippen LogP contribution >= 0.6 is 15.9 Å². The number of carbonyl (C=O) groups is 2. The second-order valence-corrected chi connectivity index (χ2v) is 6.26. The third-order valence-electron chi connectivity index (χ3n) is 3.27.